The molecular formula is C17H13N5O2S. The van der Waals surface area contributed by atoms with Crippen LogP contribution in [0.2, 0.25) is 0 Å². The smallest absolute Gasteiger partial charge is 0.248 e. The Morgan fingerprint density at radius 3 is 3.00 bits per heavy atom. The number of fused-ring (bicyclic) bond motifs is 1. The number of nitrogens with one attached hydrogen (secondary N) is 1. The Morgan fingerprint density at radius 1 is 1.28 bits per heavy atom. The number of aryl methyl sites for hydroxylation is 1. The van der Waals surface area contributed by atoms with E-state index in [4.69, 9.17) is 4.42 Å². The number of carbonyl (C=O) groups excluding carboxylic acids is 1. The molecule has 3 aromatic heterocycles. The Morgan fingerprint density at radius 2 is 2.20 bits per heavy atom. The minimum atomic E-state index is -0.234. The maximum atomic E-state index is 12.0. The molecule has 4 aromatic rings. The summed E-state index contributed by atoms with van der Waals surface area (Å²) < 4.78 is 6.86. The molecule has 124 valence electrons. The zero-order chi connectivity index (χ0) is 17.2. The van der Waals surface area contributed by atoms with Gasteiger partial charge >= 0.3 is 0 Å². The van der Waals surface area contributed by atoms with Crippen molar-refractivity contribution in [1.82, 2.24) is 19.8 Å². The number of hydrogen-bond donors (Lipinski definition) is 1. The maximum Gasteiger partial charge on any atom is 0.248 e. The van der Waals surface area contributed by atoms with Crippen LogP contribution in [0.4, 0.5) is 5.69 Å². The van der Waals surface area contributed by atoms with Crippen LogP contribution in [-0.4, -0.2) is 25.7 Å². The van der Waals surface area contributed by atoms with Crippen molar-refractivity contribution >= 4 is 34.0 Å². The first-order valence-electron chi connectivity index (χ1n) is 7.51. The standard InChI is InChI=1S/C17H13N5O2S/c1-11-19-20-17-22(11)21-16(25-17)12-4-2-5-13(10-12)18-15(23)8-7-14-6-3-9-24-14/h2-10H,1H3,(H,18,23)/b8-7+. The predicted molar refractivity (Wildman–Crippen MR) is 95.2 cm³/mol. The fourth-order valence-electron chi connectivity index (χ4n) is 2.29. The summed E-state index contributed by atoms with van der Waals surface area (Å²) in [5.74, 6) is 1.13. The average molecular weight is 351 g/mol. The first-order valence-corrected chi connectivity index (χ1v) is 8.32. The summed E-state index contributed by atoms with van der Waals surface area (Å²) in [6.07, 6.45) is 4.60. The summed E-state index contributed by atoms with van der Waals surface area (Å²) in [5.41, 5.74) is 1.59. The van der Waals surface area contributed by atoms with Crippen LogP contribution in [0.15, 0.2) is 53.2 Å². The lowest BCUT2D eigenvalue weighted by Gasteiger charge is -2.03. The molecular weight excluding hydrogens is 338 g/mol. The molecule has 4 rings (SSSR count). The van der Waals surface area contributed by atoms with Crippen LogP contribution < -0.4 is 5.32 Å². The molecule has 0 unspecified atom stereocenters. The summed E-state index contributed by atoms with van der Waals surface area (Å²) in [6.45, 7) is 1.85. The van der Waals surface area contributed by atoms with Gasteiger partial charge in [0.2, 0.25) is 10.9 Å². The highest BCUT2D eigenvalue weighted by atomic mass is 32.1. The van der Waals surface area contributed by atoms with Crippen LogP contribution in [0.3, 0.4) is 0 Å². The molecule has 0 saturated carbocycles. The molecule has 8 heteroatoms. The first-order chi connectivity index (χ1) is 12.2. The quantitative estimate of drug-likeness (QED) is 0.570. The highest BCUT2D eigenvalue weighted by Crippen LogP contribution is 2.27. The third kappa shape index (κ3) is 3.20. The minimum absolute atomic E-state index is 0.234. The molecule has 7 nitrogen and oxygen atoms in total. The molecule has 0 spiro atoms. The lowest BCUT2D eigenvalue weighted by molar-refractivity contribution is -0.111. The molecule has 3 heterocycles. The first kappa shape index (κ1) is 15.3. The number of rotatable bonds is 4. The highest BCUT2D eigenvalue weighted by molar-refractivity contribution is 7.19. The SMILES string of the molecule is Cc1nnc2sc(-c3cccc(NC(=O)/C=C/c4ccco4)c3)nn12. The largest absolute Gasteiger partial charge is 0.465 e. The number of nitrogens with zero attached hydrogens (tertiary/aromatic N) is 4. The van der Waals surface area contributed by atoms with Gasteiger partial charge in [-0.1, -0.05) is 23.5 Å². The number of hydrogen-bond acceptors (Lipinski definition) is 6. The van der Waals surface area contributed by atoms with Gasteiger partial charge in [-0.15, -0.1) is 10.2 Å². The zero-order valence-electron chi connectivity index (χ0n) is 13.2. The highest BCUT2D eigenvalue weighted by Gasteiger charge is 2.11. The number of aromatic nitrogens is 4. The van der Waals surface area contributed by atoms with E-state index in [0.717, 1.165) is 21.4 Å². The van der Waals surface area contributed by atoms with E-state index in [-0.39, 0.29) is 5.91 Å². The van der Waals surface area contributed by atoms with Gasteiger partial charge in [0.25, 0.3) is 0 Å². The van der Waals surface area contributed by atoms with Crippen LogP contribution in [0.1, 0.15) is 11.6 Å². The second-order valence-electron chi connectivity index (χ2n) is 5.27. The molecule has 0 saturated heterocycles. The maximum absolute atomic E-state index is 12.0. The Bertz CT molecular complexity index is 1060. The van der Waals surface area contributed by atoms with E-state index in [1.807, 2.05) is 31.2 Å². The van der Waals surface area contributed by atoms with E-state index in [0.29, 0.717) is 11.4 Å². The van der Waals surface area contributed by atoms with Gasteiger partial charge in [-0.25, -0.2) is 0 Å². The van der Waals surface area contributed by atoms with Crippen LogP contribution in [0.25, 0.3) is 21.6 Å². The van der Waals surface area contributed by atoms with Gasteiger partial charge in [0.1, 0.15) is 10.8 Å². The van der Waals surface area contributed by atoms with Gasteiger partial charge in [-0.3, -0.25) is 4.79 Å². The van der Waals surface area contributed by atoms with E-state index >= 15 is 0 Å². The Hall–Kier alpha value is -3.26. The molecule has 0 radical (unpaired) electrons. The van der Waals surface area contributed by atoms with E-state index < -0.39 is 0 Å². The van der Waals surface area contributed by atoms with E-state index in [2.05, 4.69) is 20.6 Å². The molecule has 0 aliphatic rings. The number of carbonyl (C=O) groups is 1. The summed E-state index contributed by atoms with van der Waals surface area (Å²) in [6, 6.07) is 11.1. The van der Waals surface area contributed by atoms with E-state index in [1.165, 1.54) is 17.4 Å². The molecule has 25 heavy (non-hydrogen) atoms. The summed E-state index contributed by atoms with van der Waals surface area (Å²) in [5, 5.41) is 16.2. The molecule has 0 aliphatic heterocycles. The van der Waals surface area contributed by atoms with Crippen LogP contribution in [0.5, 0.6) is 0 Å². The molecule has 1 aromatic carbocycles. The molecule has 1 N–H and O–H groups in total. The van der Waals surface area contributed by atoms with Crippen molar-refractivity contribution in [1.29, 1.82) is 0 Å². The van der Waals surface area contributed by atoms with Crippen LogP contribution >= 0.6 is 11.3 Å². The van der Waals surface area contributed by atoms with E-state index in [9.17, 15) is 4.79 Å². The monoisotopic (exact) mass is 351 g/mol. The topological polar surface area (TPSA) is 85.3 Å². The summed E-state index contributed by atoms with van der Waals surface area (Å²) in [7, 11) is 0. The van der Waals surface area contributed by atoms with Gasteiger partial charge in [0.05, 0.1) is 6.26 Å². The number of benzene rings is 1. The Labute approximate surface area is 146 Å². The zero-order valence-corrected chi connectivity index (χ0v) is 14.0. The van der Waals surface area contributed by atoms with Gasteiger partial charge in [-0.05, 0) is 37.3 Å². The predicted octanol–water partition coefficient (Wildman–Crippen LogP) is 3.41. The van der Waals surface area contributed by atoms with Gasteiger partial charge < -0.3 is 9.73 Å². The second kappa shape index (κ2) is 6.33. The van der Waals surface area contributed by atoms with Crippen LogP contribution in [-0.2, 0) is 4.79 Å². The Kier molecular flexibility index (Phi) is 3.87. The van der Waals surface area contributed by atoms with Gasteiger partial charge in [0, 0.05) is 17.3 Å². The third-order valence-electron chi connectivity index (χ3n) is 3.47. The molecule has 0 fully saturated rings. The van der Waals surface area contributed by atoms with Crippen molar-refractivity contribution in [2.45, 2.75) is 6.92 Å². The van der Waals surface area contributed by atoms with Crippen molar-refractivity contribution < 1.29 is 9.21 Å². The number of anilines is 1. The normalized spacial score (nSPS) is 11.4. The van der Waals surface area contributed by atoms with Crippen LogP contribution in [0, 0.1) is 6.92 Å². The fourth-order valence-corrected chi connectivity index (χ4v) is 3.17. The molecule has 1 amide bonds. The molecule has 0 atom stereocenters. The molecule has 0 bridgehead atoms. The lowest BCUT2D eigenvalue weighted by atomic mass is 10.2. The van der Waals surface area contributed by atoms with Crippen molar-refractivity contribution in [3.8, 4) is 10.6 Å². The van der Waals surface area contributed by atoms with Crippen molar-refractivity contribution in [3.05, 3.63) is 60.3 Å². The van der Waals surface area contributed by atoms with Crippen molar-refractivity contribution in [2.24, 2.45) is 0 Å². The molecule has 0 aliphatic carbocycles. The summed E-state index contributed by atoms with van der Waals surface area (Å²) in [4.78, 5) is 12.8. The van der Waals surface area contributed by atoms with Crippen molar-refractivity contribution in [2.75, 3.05) is 5.32 Å². The average Bonchev–Trinajstić information content (AvgIpc) is 3.33. The van der Waals surface area contributed by atoms with Gasteiger partial charge in [-0.2, -0.15) is 9.61 Å². The van der Waals surface area contributed by atoms with E-state index in [1.54, 1.807) is 29.0 Å². The minimum Gasteiger partial charge on any atom is -0.465 e. The number of furan rings is 1. The third-order valence-corrected chi connectivity index (χ3v) is 4.41. The Balaban J connectivity index is 1.53. The fraction of sp³-hybridized carbons (Fsp3) is 0.0588. The lowest BCUT2D eigenvalue weighted by Crippen LogP contribution is -2.07. The van der Waals surface area contributed by atoms with Gasteiger partial charge in [0.15, 0.2) is 5.82 Å². The second-order valence-corrected chi connectivity index (χ2v) is 6.22. The van der Waals surface area contributed by atoms with Crippen molar-refractivity contribution in [3.63, 3.8) is 0 Å². The summed E-state index contributed by atoms with van der Waals surface area (Å²) >= 11 is 1.45. The number of amides is 1.